The number of halogens is 1. The van der Waals surface area contributed by atoms with Crippen LogP contribution in [0.5, 0.6) is 0 Å². The van der Waals surface area contributed by atoms with Gasteiger partial charge in [0.25, 0.3) is 0 Å². The largest absolute Gasteiger partial charge is 0.327 e. The quantitative estimate of drug-likeness (QED) is 0.638. The molecule has 1 nitrogen and oxygen atoms in total. The van der Waals surface area contributed by atoms with E-state index in [0.717, 1.165) is 16.7 Å². The maximum atomic E-state index is 6.35. The Morgan fingerprint density at radius 1 is 1.11 bits per heavy atom. The van der Waals surface area contributed by atoms with Crippen LogP contribution < -0.4 is 5.73 Å². The van der Waals surface area contributed by atoms with Crippen LogP contribution in [0.1, 0.15) is 38.5 Å². The minimum absolute atomic E-state index is 0.337. The van der Waals surface area contributed by atoms with E-state index in [1.165, 1.54) is 43.4 Å². The first-order valence-electron chi connectivity index (χ1n) is 6.89. The highest BCUT2D eigenvalue weighted by Gasteiger charge is 2.19. The fourth-order valence-electron chi connectivity index (χ4n) is 2.60. The van der Waals surface area contributed by atoms with Gasteiger partial charge >= 0.3 is 0 Å². The lowest BCUT2D eigenvalue weighted by molar-refractivity contribution is 0.397. The fraction of sp³-hybridized carbons (Fsp3) is 0.600. The number of rotatable bonds is 4. The van der Waals surface area contributed by atoms with Gasteiger partial charge in [-0.1, -0.05) is 37.3 Å². The summed E-state index contributed by atoms with van der Waals surface area (Å²) < 4.78 is 0. The molecule has 0 aliphatic heterocycles. The van der Waals surface area contributed by atoms with E-state index in [-0.39, 0.29) is 0 Å². The molecule has 0 heterocycles. The first-order chi connectivity index (χ1) is 8.75. The van der Waals surface area contributed by atoms with Crippen molar-refractivity contribution < 1.29 is 0 Å². The highest BCUT2D eigenvalue weighted by Crippen LogP contribution is 2.28. The molecule has 0 amide bonds. The second-order valence-corrected chi connectivity index (χ2v) is 6.71. The average Bonchev–Trinajstić information content (AvgIpc) is 2.66. The van der Waals surface area contributed by atoms with Crippen LogP contribution in [0.2, 0.25) is 5.02 Å². The minimum Gasteiger partial charge on any atom is -0.327 e. The topological polar surface area (TPSA) is 26.0 Å². The molecule has 2 N–H and O–H groups in total. The van der Waals surface area contributed by atoms with Gasteiger partial charge in [0, 0.05) is 21.7 Å². The Morgan fingerprint density at radius 3 is 2.33 bits per heavy atom. The molecule has 0 saturated heterocycles. The second-order valence-electron chi connectivity index (χ2n) is 5.18. The van der Waals surface area contributed by atoms with Gasteiger partial charge in [-0.3, -0.25) is 0 Å². The van der Waals surface area contributed by atoms with Crippen LogP contribution in [0.25, 0.3) is 0 Å². The van der Waals surface area contributed by atoms with Crippen LogP contribution in [-0.4, -0.2) is 11.8 Å². The summed E-state index contributed by atoms with van der Waals surface area (Å²) in [6.07, 6.45) is 8.17. The van der Waals surface area contributed by atoms with Crippen molar-refractivity contribution in [3.63, 3.8) is 0 Å². The zero-order chi connectivity index (χ0) is 12.8. The van der Waals surface area contributed by atoms with E-state index < -0.39 is 0 Å². The van der Waals surface area contributed by atoms with Crippen LogP contribution in [0.4, 0.5) is 0 Å². The molecule has 0 spiro atoms. The molecule has 1 aliphatic carbocycles. The van der Waals surface area contributed by atoms with Crippen molar-refractivity contribution in [2.45, 2.75) is 49.5 Å². The molecule has 1 fully saturated rings. The molecule has 1 aromatic rings. The van der Waals surface area contributed by atoms with Gasteiger partial charge in [-0.25, -0.2) is 0 Å². The molecule has 1 unspecified atom stereocenters. The fourth-order valence-corrected chi connectivity index (χ4v) is 3.71. The zero-order valence-electron chi connectivity index (χ0n) is 10.8. The molecule has 0 aromatic heterocycles. The normalized spacial score (nSPS) is 19.4. The minimum atomic E-state index is 0.337. The summed E-state index contributed by atoms with van der Waals surface area (Å²) in [5, 5.41) is 0.799. The van der Waals surface area contributed by atoms with E-state index in [2.05, 4.69) is 12.1 Å². The molecular weight excluding hydrogens is 262 g/mol. The molecule has 2 rings (SSSR count). The van der Waals surface area contributed by atoms with Crippen molar-refractivity contribution in [2.75, 3.05) is 5.75 Å². The Balaban J connectivity index is 1.79. The zero-order valence-corrected chi connectivity index (χ0v) is 12.3. The smallest absolute Gasteiger partial charge is 0.0406 e. The molecule has 1 atom stereocenters. The summed E-state index contributed by atoms with van der Waals surface area (Å²) in [6, 6.07) is 8.38. The maximum absolute atomic E-state index is 6.35. The Morgan fingerprint density at radius 2 is 1.72 bits per heavy atom. The first-order valence-corrected chi connectivity index (χ1v) is 8.26. The first kappa shape index (κ1) is 14.2. The summed E-state index contributed by atoms with van der Waals surface area (Å²) in [4.78, 5) is 1.27. The summed E-state index contributed by atoms with van der Waals surface area (Å²) in [5.74, 6) is 1.75. The highest BCUT2D eigenvalue weighted by atomic mass is 35.5. The number of hydrogen-bond acceptors (Lipinski definition) is 2. The Hall–Kier alpha value is -0.180. The Labute approximate surface area is 119 Å². The van der Waals surface area contributed by atoms with Crippen LogP contribution >= 0.6 is 23.4 Å². The molecule has 1 saturated carbocycles. The number of nitrogens with two attached hydrogens (primary N) is 1. The molecule has 1 aliphatic rings. The maximum Gasteiger partial charge on any atom is 0.0406 e. The Kier molecular flexibility index (Phi) is 5.87. The van der Waals surface area contributed by atoms with Gasteiger partial charge < -0.3 is 5.73 Å². The number of hydrogen-bond donors (Lipinski definition) is 1. The van der Waals surface area contributed by atoms with E-state index in [4.69, 9.17) is 17.3 Å². The van der Waals surface area contributed by atoms with E-state index in [0.29, 0.717) is 6.04 Å². The lowest BCUT2D eigenvalue weighted by Gasteiger charge is -2.21. The van der Waals surface area contributed by atoms with Crippen molar-refractivity contribution in [2.24, 2.45) is 11.7 Å². The van der Waals surface area contributed by atoms with Crippen LogP contribution in [-0.2, 0) is 0 Å². The molecule has 3 heteroatoms. The third-order valence-corrected chi connectivity index (χ3v) is 5.17. The van der Waals surface area contributed by atoms with Crippen LogP contribution in [0.3, 0.4) is 0 Å². The van der Waals surface area contributed by atoms with Gasteiger partial charge in [-0.2, -0.15) is 0 Å². The monoisotopic (exact) mass is 283 g/mol. The third-order valence-electron chi connectivity index (χ3n) is 3.76. The molecule has 0 bridgehead atoms. The van der Waals surface area contributed by atoms with Crippen molar-refractivity contribution in [3.05, 3.63) is 29.3 Å². The summed E-state index contributed by atoms with van der Waals surface area (Å²) >= 11 is 7.73. The van der Waals surface area contributed by atoms with Gasteiger partial charge in [0.15, 0.2) is 0 Å². The lowest BCUT2D eigenvalue weighted by Crippen LogP contribution is -2.32. The SMILES string of the molecule is NC(CSc1ccc(Cl)cc1)C1CCCCCC1. The molecule has 1 aromatic carbocycles. The Bertz CT molecular complexity index is 344. The molecular formula is C15H22ClNS. The predicted octanol–water partition coefficient (Wildman–Crippen LogP) is 4.73. The van der Waals surface area contributed by atoms with Crippen molar-refractivity contribution in [1.29, 1.82) is 0 Å². The predicted molar refractivity (Wildman–Crippen MR) is 81.3 cm³/mol. The summed E-state index contributed by atoms with van der Waals surface area (Å²) in [5.41, 5.74) is 6.35. The van der Waals surface area contributed by atoms with E-state index in [1.807, 2.05) is 23.9 Å². The van der Waals surface area contributed by atoms with Gasteiger partial charge in [0.2, 0.25) is 0 Å². The van der Waals surface area contributed by atoms with Crippen molar-refractivity contribution in [1.82, 2.24) is 0 Å². The molecule has 0 radical (unpaired) electrons. The second kappa shape index (κ2) is 7.42. The van der Waals surface area contributed by atoms with E-state index >= 15 is 0 Å². The highest BCUT2D eigenvalue weighted by molar-refractivity contribution is 7.99. The van der Waals surface area contributed by atoms with Gasteiger partial charge in [0.1, 0.15) is 0 Å². The van der Waals surface area contributed by atoms with Crippen molar-refractivity contribution >= 4 is 23.4 Å². The van der Waals surface area contributed by atoms with Crippen LogP contribution in [0, 0.1) is 5.92 Å². The molecule has 100 valence electrons. The summed E-state index contributed by atoms with van der Waals surface area (Å²) in [6.45, 7) is 0. The van der Waals surface area contributed by atoms with Crippen molar-refractivity contribution in [3.8, 4) is 0 Å². The lowest BCUT2D eigenvalue weighted by atomic mass is 9.94. The summed E-state index contributed by atoms with van der Waals surface area (Å²) in [7, 11) is 0. The number of thioether (sulfide) groups is 1. The number of benzene rings is 1. The third kappa shape index (κ3) is 4.49. The van der Waals surface area contributed by atoms with Gasteiger partial charge in [-0.15, -0.1) is 11.8 Å². The van der Waals surface area contributed by atoms with E-state index in [9.17, 15) is 0 Å². The molecule has 18 heavy (non-hydrogen) atoms. The van der Waals surface area contributed by atoms with Gasteiger partial charge in [-0.05, 0) is 43.0 Å². The standard InChI is InChI=1S/C15H22ClNS/c16-13-7-9-14(10-8-13)18-11-15(17)12-5-3-1-2-4-6-12/h7-10,12,15H,1-6,11,17H2. The average molecular weight is 284 g/mol. The van der Waals surface area contributed by atoms with Crippen LogP contribution in [0.15, 0.2) is 29.2 Å². The van der Waals surface area contributed by atoms with Gasteiger partial charge in [0.05, 0.1) is 0 Å². The van der Waals surface area contributed by atoms with E-state index in [1.54, 1.807) is 0 Å².